The molecule has 0 bridgehead atoms. The summed E-state index contributed by atoms with van der Waals surface area (Å²) >= 11 is 0. The van der Waals surface area contributed by atoms with Gasteiger partial charge in [-0.2, -0.15) is 0 Å². The molecule has 0 aliphatic carbocycles. The van der Waals surface area contributed by atoms with E-state index in [1.54, 1.807) is 0 Å². The standard InChI is InChI=1S/C21H36O3/c1-8-13-18(23-9-2)21(22,20(6,7)16-19(3,4)5)24-17-14-11-10-12-15-17/h10-12,14-15,18,22H,8-9,13,16H2,1-7H3. The molecule has 3 nitrogen and oxygen atoms in total. The van der Waals surface area contributed by atoms with Crippen molar-refractivity contribution in [2.75, 3.05) is 6.61 Å². The fourth-order valence-electron chi connectivity index (χ4n) is 3.62. The predicted molar refractivity (Wildman–Crippen MR) is 100 cm³/mol. The molecule has 2 atom stereocenters. The maximum absolute atomic E-state index is 11.7. The summed E-state index contributed by atoms with van der Waals surface area (Å²) in [6.45, 7) is 15.3. The second kappa shape index (κ2) is 8.35. The second-order valence-electron chi connectivity index (χ2n) is 8.47. The summed E-state index contributed by atoms with van der Waals surface area (Å²) in [6.07, 6.45) is 2.13. The fourth-order valence-corrected chi connectivity index (χ4v) is 3.62. The smallest absolute Gasteiger partial charge is 0.239 e. The monoisotopic (exact) mass is 336 g/mol. The molecule has 0 heterocycles. The zero-order valence-electron chi connectivity index (χ0n) is 16.6. The molecule has 0 saturated carbocycles. The third-order valence-corrected chi connectivity index (χ3v) is 4.31. The molecular formula is C21H36O3. The van der Waals surface area contributed by atoms with E-state index in [4.69, 9.17) is 9.47 Å². The largest absolute Gasteiger partial charge is 0.459 e. The molecule has 1 aromatic carbocycles. The van der Waals surface area contributed by atoms with Crippen molar-refractivity contribution < 1.29 is 14.6 Å². The summed E-state index contributed by atoms with van der Waals surface area (Å²) in [5.41, 5.74) is -0.406. The molecule has 0 aromatic heterocycles. The first-order valence-corrected chi connectivity index (χ1v) is 9.14. The lowest BCUT2D eigenvalue weighted by atomic mass is 9.69. The van der Waals surface area contributed by atoms with Crippen molar-refractivity contribution in [3.05, 3.63) is 30.3 Å². The van der Waals surface area contributed by atoms with E-state index in [-0.39, 0.29) is 11.5 Å². The molecule has 1 N–H and O–H groups in total. The van der Waals surface area contributed by atoms with Crippen LogP contribution in [-0.2, 0) is 4.74 Å². The highest BCUT2D eigenvalue weighted by Crippen LogP contribution is 2.45. The molecule has 0 aliphatic heterocycles. The van der Waals surface area contributed by atoms with Crippen LogP contribution in [0.15, 0.2) is 30.3 Å². The van der Waals surface area contributed by atoms with E-state index in [1.807, 2.05) is 37.3 Å². The van der Waals surface area contributed by atoms with Gasteiger partial charge in [0.25, 0.3) is 0 Å². The van der Waals surface area contributed by atoms with Gasteiger partial charge >= 0.3 is 0 Å². The highest BCUT2D eigenvalue weighted by molar-refractivity contribution is 5.22. The van der Waals surface area contributed by atoms with Crippen molar-refractivity contribution in [2.45, 2.75) is 79.6 Å². The van der Waals surface area contributed by atoms with E-state index >= 15 is 0 Å². The highest BCUT2D eigenvalue weighted by atomic mass is 16.7. The van der Waals surface area contributed by atoms with Crippen molar-refractivity contribution in [1.82, 2.24) is 0 Å². The van der Waals surface area contributed by atoms with Gasteiger partial charge in [0.1, 0.15) is 11.9 Å². The molecule has 0 radical (unpaired) electrons. The van der Waals surface area contributed by atoms with E-state index in [1.165, 1.54) is 0 Å². The van der Waals surface area contributed by atoms with Gasteiger partial charge in [0.05, 0.1) is 0 Å². The van der Waals surface area contributed by atoms with Crippen molar-refractivity contribution in [1.29, 1.82) is 0 Å². The average molecular weight is 337 g/mol. The number of hydrogen-bond donors (Lipinski definition) is 1. The highest BCUT2D eigenvalue weighted by Gasteiger charge is 2.53. The number of benzene rings is 1. The van der Waals surface area contributed by atoms with E-state index in [0.717, 1.165) is 19.3 Å². The van der Waals surface area contributed by atoms with Gasteiger partial charge in [-0.25, -0.2) is 0 Å². The summed E-state index contributed by atoms with van der Waals surface area (Å²) in [7, 11) is 0. The van der Waals surface area contributed by atoms with Gasteiger partial charge in [0.2, 0.25) is 5.79 Å². The Balaban J connectivity index is 3.26. The maximum atomic E-state index is 11.7. The van der Waals surface area contributed by atoms with Crippen molar-refractivity contribution in [2.24, 2.45) is 10.8 Å². The summed E-state index contributed by atoms with van der Waals surface area (Å²) in [4.78, 5) is 0. The molecule has 0 aliphatic rings. The van der Waals surface area contributed by atoms with Crippen LogP contribution in [0.2, 0.25) is 0 Å². The molecule has 0 spiro atoms. The topological polar surface area (TPSA) is 38.7 Å². The van der Waals surface area contributed by atoms with Crippen LogP contribution in [0.5, 0.6) is 5.75 Å². The van der Waals surface area contributed by atoms with Crippen LogP contribution in [-0.4, -0.2) is 23.6 Å². The fraction of sp³-hybridized carbons (Fsp3) is 0.714. The third-order valence-electron chi connectivity index (χ3n) is 4.31. The quantitative estimate of drug-likeness (QED) is 0.612. The van der Waals surface area contributed by atoms with Gasteiger partial charge in [-0.3, -0.25) is 0 Å². The predicted octanol–water partition coefficient (Wildman–Crippen LogP) is 5.42. The van der Waals surface area contributed by atoms with E-state index < -0.39 is 11.2 Å². The molecular weight excluding hydrogens is 300 g/mol. The summed E-state index contributed by atoms with van der Waals surface area (Å²) in [6, 6.07) is 9.54. The van der Waals surface area contributed by atoms with Crippen molar-refractivity contribution in [3.8, 4) is 5.75 Å². The molecule has 1 aromatic rings. The number of rotatable bonds is 9. The second-order valence-corrected chi connectivity index (χ2v) is 8.47. The zero-order chi connectivity index (χ0) is 18.4. The number of hydrogen-bond acceptors (Lipinski definition) is 3. The van der Waals surface area contributed by atoms with E-state index in [2.05, 4.69) is 41.5 Å². The van der Waals surface area contributed by atoms with Crippen molar-refractivity contribution in [3.63, 3.8) is 0 Å². The van der Waals surface area contributed by atoms with Crippen LogP contribution in [0, 0.1) is 10.8 Å². The van der Waals surface area contributed by atoms with Gasteiger partial charge in [0, 0.05) is 12.0 Å². The molecule has 1 rings (SSSR count). The molecule has 0 saturated heterocycles. The van der Waals surface area contributed by atoms with Crippen LogP contribution in [0.25, 0.3) is 0 Å². The van der Waals surface area contributed by atoms with Crippen LogP contribution < -0.4 is 4.74 Å². The van der Waals surface area contributed by atoms with E-state index in [9.17, 15) is 5.11 Å². The number of ether oxygens (including phenoxy) is 2. The Morgan fingerprint density at radius 1 is 1.00 bits per heavy atom. The minimum absolute atomic E-state index is 0.0699. The first-order chi connectivity index (χ1) is 11.1. The van der Waals surface area contributed by atoms with Crippen LogP contribution in [0.3, 0.4) is 0 Å². The van der Waals surface area contributed by atoms with Gasteiger partial charge < -0.3 is 14.6 Å². The van der Waals surface area contributed by atoms with Gasteiger partial charge in [-0.05, 0) is 37.3 Å². The van der Waals surface area contributed by atoms with Gasteiger partial charge in [-0.1, -0.05) is 66.2 Å². The normalized spacial score (nSPS) is 16.5. The Hall–Kier alpha value is -1.06. The lowest BCUT2D eigenvalue weighted by Crippen LogP contribution is -2.60. The molecule has 0 amide bonds. The van der Waals surface area contributed by atoms with Gasteiger partial charge in [-0.15, -0.1) is 0 Å². The maximum Gasteiger partial charge on any atom is 0.239 e. The molecule has 3 heteroatoms. The minimum atomic E-state index is -1.40. The Morgan fingerprint density at radius 3 is 2.04 bits per heavy atom. The lowest BCUT2D eigenvalue weighted by molar-refractivity contribution is -0.283. The molecule has 138 valence electrons. The van der Waals surface area contributed by atoms with E-state index in [0.29, 0.717) is 12.4 Å². The Kier molecular flexibility index (Phi) is 7.30. The van der Waals surface area contributed by atoms with Crippen LogP contribution in [0.4, 0.5) is 0 Å². The third kappa shape index (κ3) is 5.49. The average Bonchev–Trinajstić information content (AvgIpc) is 2.45. The minimum Gasteiger partial charge on any atom is -0.459 e. The zero-order valence-corrected chi connectivity index (χ0v) is 16.6. The molecule has 2 unspecified atom stereocenters. The molecule has 24 heavy (non-hydrogen) atoms. The summed E-state index contributed by atoms with van der Waals surface area (Å²) in [5.74, 6) is -0.726. The first kappa shape index (κ1) is 21.0. The molecule has 0 fully saturated rings. The van der Waals surface area contributed by atoms with Crippen molar-refractivity contribution >= 4 is 0 Å². The van der Waals surface area contributed by atoms with Crippen LogP contribution >= 0.6 is 0 Å². The van der Waals surface area contributed by atoms with Crippen LogP contribution in [0.1, 0.15) is 67.7 Å². The summed E-state index contributed by atoms with van der Waals surface area (Å²) in [5, 5.41) is 11.7. The first-order valence-electron chi connectivity index (χ1n) is 9.14. The number of aliphatic hydroxyl groups is 1. The Morgan fingerprint density at radius 2 is 1.58 bits per heavy atom. The van der Waals surface area contributed by atoms with Gasteiger partial charge in [0.15, 0.2) is 0 Å². The number of para-hydroxylation sites is 1. The Labute approximate surface area is 148 Å². The summed E-state index contributed by atoms with van der Waals surface area (Å²) < 4.78 is 12.2. The lowest BCUT2D eigenvalue weighted by Gasteiger charge is -2.48. The SMILES string of the molecule is CCCC(OCC)C(O)(Oc1ccccc1)C(C)(C)CC(C)(C)C. The Bertz CT molecular complexity index is 470.